The molecule has 0 heterocycles. The largest absolute Gasteiger partial charge is 0.435 e. The summed E-state index contributed by atoms with van der Waals surface area (Å²) >= 11 is 0. The highest BCUT2D eigenvalue weighted by molar-refractivity contribution is 5.88. The Hall–Kier alpha value is -3.41. The Morgan fingerprint density at radius 1 is 0.735 bits per heavy atom. The second-order valence-electron chi connectivity index (χ2n) is 8.18. The molecule has 0 aliphatic heterocycles. The first-order chi connectivity index (χ1) is 16.4. The predicted molar refractivity (Wildman–Crippen MR) is 124 cm³/mol. The maximum Gasteiger partial charge on any atom is 0.387 e. The van der Waals surface area contributed by atoms with Crippen LogP contribution in [0.25, 0.3) is 21.9 Å². The van der Waals surface area contributed by atoms with Gasteiger partial charge in [-0.15, -0.1) is 0 Å². The second-order valence-corrected chi connectivity index (χ2v) is 8.18. The molecule has 0 unspecified atom stereocenters. The fourth-order valence-corrected chi connectivity index (χ4v) is 4.14. The van der Waals surface area contributed by atoms with E-state index in [2.05, 4.69) is 4.74 Å². The van der Waals surface area contributed by atoms with Crippen molar-refractivity contribution in [2.45, 2.75) is 39.2 Å². The summed E-state index contributed by atoms with van der Waals surface area (Å²) in [7, 11) is 0. The van der Waals surface area contributed by atoms with Crippen molar-refractivity contribution >= 4 is 10.8 Å². The first-order valence-corrected chi connectivity index (χ1v) is 11.1. The average Bonchev–Trinajstić information content (AvgIpc) is 2.79. The monoisotopic (exact) mass is 470 g/mol. The van der Waals surface area contributed by atoms with Crippen molar-refractivity contribution in [3.8, 4) is 16.9 Å². The van der Waals surface area contributed by atoms with Gasteiger partial charge in [0.05, 0.1) is 5.56 Å². The molecule has 0 radical (unpaired) electrons. The van der Waals surface area contributed by atoms with Crippen LogP contribution in [0.4, 0.5) is 22.0 Å². The van der Waals surface area contributed by atoms with E-state index in [4.69, 9.17) is 0 Å². The van der Waals surface area contributed by atoms with E-state index in [1.165, 1.54) is 30.3 Å². The molecule has 0 amide bonds. The molecular formula is C28H23F5O. The number of ether oxygens (including phenoxy) is 1. The van der Waals surface area contributed by atoms with Crippen LogP contribution in [0.15, 0.2) is 66.7 Å². The zero-order valence-corrected chi connectivity index (χ0v) is 18.6. The molecule has 0 aliphatic rings. The number of benzene rings is 4. The van der Waals surface area contributed by atoms with Crippen molar-refractivity contribution in [3.63, 3.8) is 0 Å². The van der Waals surface area contributed by atoms with Gasteiger partial charge in [0.1, 0.15) is 23.2 Å². The topological polar surface area (TPSA) is 9.23 Å². The molecule has 0 N–H and O–H groups in total. The standard InChI is InChI=1S/C28H23F5O/c1-2-3-18-14-24(29)26(25(30)15-18)21-10-13-23-20(16-21)9-8-19(27(23)31)7-4-17-5-11-22(12-6-17)34-28(32)33/h5-6,8-16,28H,2-4,7H2,1H3. The van der Waals surface area contributed by atoms with Crippen LogP contribution in [0, 0.1) is 17.5 Å². The Morgan fingerprint density at radius 2 is 1.44 bits per heavy atom. The summed E-state index contributed by atoms with van der Waals surface area (Å²) in [6, 6.07) is 17.0. The van der Waals surface area contributed by atoms with Gasteiger partial charge in [-0.05, 0) is 77.2 Å². The summed E-state index contributed by atoms with van der Waals surface area (Å²) in [6.45, 7) is -0.941. The summed E-state index contributed by atoms with van der Waals surface area (Å²) in [5.74, 6) is -1.59. The van der Waals surface area contributed by atoms with Crippen LogP contribution in [0.1, 0.15) is 30.0 Å². The Morgan fingerprint density at radius 3 is 2.09 bits per heavy atom. The fraction of sp³-hybridized carbons (Fsp3) is 0.214. The lowest BCUT2D eigenvalue weighted by molar-refractivity contribution is -0.0498. The number of hydrogen-bond acceptors (Lipinski definition) is 1. The van der Waals surface area contributed by atoms with Crippen LogP contribution in [-0.4, -0.2) is 6.61 Å². The molecule has 0 aromatic heterocycles. The predicted octanol–water partition coefficient (Wildman–Crippen LogP) is 8.26. The van der Waals surface area contributed by atoms with Gasteiger partial charge >= 0.3 is 6.61 Å². The molecule has 1 nitrogen and oxygen atoms in total. The molecule has 0 saturated carbocycles. The van der Waals surface area contributed by atoms with Crippen molar-refractivity contribution in [1.82, 2.24) is 0 Å². The molecule has 176 valence electrons. The van der Waals surface area contributed by atoms with E-state index in [0.29, 0.717) is 46.7 Å². The Labute approximate surface area is 194 Å². The summed E-state index contributed by atoms with van der Waals surface area (Å²) in [5, 5.41) is 0.911. The van der Waals surface area contributed by atoms with E-state index in [0.717, 1.165) is 12.0 Å². The number of halogens is 5. The Kier molecular flexibility index (Phi) is 7.15. The van der Waals surface area contributed by atoms with Crippen LogP contribution in [0.5, 0.6) is 5.75 Å². The molecule has 4 aromatic rings. The molecule has 0 aliphatic carbocycles. The van der Waals surface area contributed by atoms with Gasteiger partial charge < -0.3 is 4.74 Å². The number of alkyl halides is 2. The molecule has 0 bridgehead atoms. The highest BCUT2D eigenvalue weighted by Crippen LogP contribution is 2.32. The molecule has 0 spiro atoms. The number of fused-ring (bicyclic) bond motifs is 1. The highest BCUT2D eigenvalue weighted by Gasteiger charge is 2.15. The second kappa shape index (κ2) is 10.2. The van der Waals surface area contributed by atoms with E-state index in [1.807, 2.05) is 6.92 Å². The Balaban J connectivity index is 1.55. The number of rotatable bonds is 8. The van der Waals surface area contributed by atoms with Crippen LogP contribution < -0.4 is 4.74 Å². The van der Waals surface area contributed by atoms with Gasteiger partial charge in [-0.1, -0.05) is 49.7 Å². The summed E-state index contributed by atoms with van der Waals surface area (Å²) < 4.78 is 73.3. The van der Waals surface area contributed by atoms with E-state index in [1.54, 1.807) is 36.4 Å². The molecular weight excluding hydrogens is 447 g/mol. The van der Waals surface area contributed by atoms with Crippen molar-refractivity contribution in [1.29, 1.82) is 0 Å². The summed E-state index contributed by atoms with van der Waals surface area (Å²) in [6.07, 6.45) is 2.29. The van der Waals surface area contributed by atoms with Gasteiger partial charge in [0.2, 0.25) is 0 Å². The molecule has 0 saturated heterocycles. The summed E-state index contributed by atoms with van der Waals surface area (Å²) in [5.41, 5.74) is 2.19. The maximum absolute atomic E-state index is 15.2. The van der Waals surface area contributed by atoms with Crippen LogP contribution in [0.2, 0.25) is 0 Å². The highest BCUT2D eigenvalue weighted by atomic mass is 19.3. The van der Waals surface area contributed by atoms with Gasteiger partial charge in [0.15, 0.2) is 0 Å². The molecule has 6 heteroatoms. The van der Waals surface area contributed by atoms with Crippen molar-refractivity contribution in [2.24, 2.45) is 0 Å². The first kappa shape index (κ1) is 23.7. The zero-order valence-electron chi connectivity index (χ0n) is 18.6. The normalized spacial score (nSPS) is 11.4. The minimum Gasteiger partial charge on any atom is -0.435 e. The maximum atomic E-state index is 15.2. The van der Waals surface area contributed by atoms with E-state index < -0.39 is 18.2 Å². The smallest absolute Gasteiger partial charge is 0.387 e. The lowest BCUT2D eigenvalue weighted by atomic mass is 9.96. The fourth-order valence-electron chi connectivity index (χ4n) is 4.14. The first-order valence-electron chi connectivity index (χ1n) is 11.1. The van der Waals surface area contributed by atoms with Crippen molar-refractivity contribution in [3.05, 3.63) is 101 Å². The van der Waals surface area contributed by atoms with Gasteiger partial charge in [0.25, 0.3) is 0 Å². The van der Waals surface area contributed by atoms with Crippen molar-refractivity contribution in [2.75, 3.05) is 0 Å². The van der Waals surface area contributed by atoms with Crippen LogP contribution in [-0.2, 0) is 19.3 Å². The summed E-state index contributed by atoms with van der Waals surface area (Å²) in [4.78, 5) is 0. The number of aryl methyl sites for hydroxylation is 3. The van der Waals surface area contributed by atoms with Gasteiger partial charge in [-0.2, -0.15) is 8.78 Å². The van der Waals surface area contributed by atoms with Gasteiger partial charge in [-0.3, -0.25) is 0 Å². The van der Waals surface area contributed by atoms with E-state index >= 15 is 4.39 Å². The lowest BCUT2D eigenvalue weighted by Gasteiger charge is -2.11. The third kappa shape index (κ3) is 5.22. The van der Waals surface area contributed by atoms with Crippen LogP contribution in [0.3, 0.4) is 0 Å². The minimum atomic E-state index is -2.88. The van der Waals surface area contributed by atoms with Gasteiger partial charge in [0, 0.05) is 5.39 Å². The third-order valence-electron chi connectivity index (χ3n) is 5.79. The molecule has 4 aromatic carbocycles. The van der Waals surface area contributed by atoms with Crippen molar-refractivity contribution < 1.29 is 26.7 Å². The third-order valence-corrected chi connectivity index (χ3v) is 5.79. The quantitative estimate of drug-likeness (QED) is 0.236. The molecule has 34 heavy (non-hydrogen) atoms. The van der Waals surface area contributed by atoms with Gasteiger partial charge in [-0.25, -0.2) is 13.2 Å². The number of hydrogen-bond donors (Lipinski definition) is 0. The molecule has 0 atom stereocenters. The SMILES string of the molecule is CCCc1cc(F)c(-c2ccc3c(F)c(CCc4ccc(OC(F)F)cc4)ccc3c2)c(F)c1. The average molecular weight is 470 g/mol. The zero-order chi connectivity index (χ0) is 24.2. The molecule has 4 rings (SSSR count). The molecule has 0 fully saturated rings. The van der Waals surface area contributed by atoms with Crippen LogP contribution >= 0.6 is 0 Å². The Bertz CT molecular complexity index is 1280. The lowest BCUT2D eigenvalue weighted by Crippen LogP contribution is -2.02. The minimum absolute atomic E-state index is 0.0688. The van der Waals surface area contributed by atoms with E-state index in [-0.39, 0.29) is 17.1 Å². The van der Waals surface area contributed by atoms with E-state index in [9.17, 15) is 17.6 Å².